The molecule has 4 heterocycles. The first-order valence-corrected chi connectivity index (χ1v) is 14.1. The van der Waals surface area contributed by atoms with E-state index in [-0.39, 0.29) is 85.5 Å². The van der Waals surface area contributed by atoms with Gasteiger partial charge in [0.15, 0.2) is 28.0 Å². The first kappa shape index (κ1) is 38.6. The monoisotopic (exact) mass is 698 g/mol. The molecule has 1 aliphatic heterocycles. The number of amidine groups is 1. The summed E-state index contributed by atoms with van der Waals surface area (Å²) in [5, 5.41) is 43.8. The number of hydrogen-bond donors (Lipinski definition) is 4. The van der Waals surface area contributed by atoms with Gasteiger partial charge in [-0.1, -0.05) is 9.24 Å². The van der Waals surface area contributed by atoms with Crippen LogP contribution in [0, 0.1) is 0 Å². The van der Waals surface area contributed by atoms with Crippen molar-refractivity contribution in [3.8, 4) is 17.3 Å². The number of carbonyl (C=O) groups is 3. The summed E-state index contributed by atoms with van der Waals surface area (Å²) in [5.74, 6) is -4.84. The Kier molecular flexibility index (Phi) is 12.1. The van der Waals surface area contributed by atoms with Gasteiger partial charge in [0.05, 0.1) is 24.2 Å². The number of nitrogens with one attached hydrogen (secondary N) is 2. The first-order valence-electron chi connectivity index (χ1n) is 11.8. The molecule has 0 bridgehead atoms. The molecule has 3 aromatic rings. The van der Waals surface area contributed by atoms with Gasteiger partial charge in [-0.25, -0.2) is 9.78 Å². The molecular formula is C21H20N10Na2O11S2. The Morgan fingerprint density at radius 1 is 1.26 bits per heavy atom. The summed E-state index contributed by atoms with van der Waals surface area (Å²) in [6, 6.07) is -2.15. The van der Waals surface area contributed by atoms with E-state index in [4.69, 9.17) is 10.6 Å². The first-order chi connectivity index (χ1) is 20.4. The molecule has 4 rings (SSSR count). The van der Waals surface area contributed by atoms with Crippen LogP contribution in [0.4, 0.5) is 5.13 Å². The van der Waals surface area contributed by atoms with Gasteiger partial charge in [-0.3, -0.25) is 19.0 Å². The number of hydrogen-bond acceptors (Lipinski definition) is 16. The van der Waals surface area contributed by atoms with Gasteiger partial charge in [0.2, 0.25) is 5.43 Å². The van der Waals surface area contributed by atoms with E-state index in [2.05, 4.69) is 29.9 Å². The molecule has 1 atom stereocenters. The fourth-order valence-corrected chi connectivity index (χ4v) is 4.73. The zero-order valence-electron chi connectivity index (χ0n) is 24.6. The number of β-lactam (4-membered cyclic amide) rings is 1. The number of oxime groups is 1. The van der Waals surface area contributed by atoms with E-state index in [1.54, 1.807) is 0 Å². The second-order valence-corrected chi connectivity index (χ2v) is 11.6. The third-order valence-electron chi connectivity index (χ3n) is 5.80. The quantitative estimate of drug-likeness (QED) is 0.0530. The minimum atomic E-state index is -5.16. The summed E-state index contributed by atoms with van der Waals surface area (Å²) in [6.07, 6.45) is 0.886. The van der Waals surface area contributed by atoms with Gasteiger partial charge in [0, 0.05) is 24.7 Å². The molecule has 46 heavy (non-hydrogen) atoms. The number of rotatable bonds is 9. The van der Waals surface area contributed by atoms with Crippen LogP contribution in [-0.4, -0.2) is 89.8 Å². The Morgan fingerprint density at radius 3 is 2.46 bits per heavy atom. The van der Waals surface area contributed by atoms with Gasteiger partial charge in [-0.2, -0.15) is 8.42 Å². The number of thiazole rings is 1. The topological polar surface area (TPSA) is 313 Å². The van der Waals surface area contributed by atoms with Crippen LogP contribution in [-0.2, 0) is 36.5 Å². The fourth-order valence-electron chi connectivity index (χ4n) is 3.31. The van der Waals surface area contributed by atoms with Crippen molar-refractivity contribution in [3.05, 3.63) is 44.0 Å². The van der Waals surface area contributed by atoms with Crippen molar-refractivity contribution < 1.29 is 102 Å². The molecule has 2 amide bonds. The van der Waals surface area contributed by atoms with E-state index in [1.807, 2.05) is 0 Å². The van der Waals surface area contributed by atoms with Crippen molar-refractivity contribution in [2.75, 3.05) is 12.3 Å². The Balaban J connectivity index is 0.00000368. The largest absolute Gasteiger partial charge is 1.00 e. The number of aromatic nitrogens is 5. The number of amides is 2. The number of H-pyrrole nitrogens is 1. The van der Waals surface area contributed by atoms with E-state index in [9.17, 15) is 47.7 Å². The summed E-state index contributed by atoms with van der Waals surface area (Å²) in [7, 11) is -4.05. The fraction of sp³-hybridized carbons (Fsp3) is 0.286. The molecule has 0 radical (unpaired) electrons. The van der Waals surface area contributed by atoms with Gasteiger partial charge in [0.25, 0.3) is 11.8 Å². The molecule has 234 valence electrons. The maximum absolute atomic E-state index is 12.9. The van der Waals surface area contributed by atoms with Crippen LogP contribution < -0.4 is 91.5 Å². The third-order valence-corrected chi connectivity index (χ3v) is 7.54. The van der Waals surface area contributed by atoms with Crippen molar-refractivity contribution in [2.24, 2.45) is 16.6 Å². The van der Waals surface area contributed by atoms with E-state index in [0.29, 0.717) is 9.47 Å². The average molecular weight is 699 g/mol. The summed E-state index contributed by atoms with van der Waals surface area (Å²) in [4.78, 5) is 72.5. The molecular weight excluding hydrogens is 678 g/mol. The minimum Gasteiger partial charge on any atom is -0.845 e. The summed E-state index contributed by atoms with van der Waals surface area (Å²) < 4.78 is 29.0. The maximum Gasteiger partial charge on any atom is 1.00 e. The summed E-state index contributed by atoms with van der Waals surface area (Å²) in [6.45, 7) is 1.64. The van der Waals surface area contributed by atoms with Crippen LogP contribution in [0.5, 0.6) is 5.75 Å². The molecule has 21 nitrogen and oxygen atoms in total. The van der Waals surface area contributed by atoms with Crippen molar-refractivity contribution in [2.45, 2.75) is 25.5 Å². The number of anilines is 1. The molecule has 1 fully saturated rings. The van der Waals surface area contributed by atoms with Crippen LogP contribution in [0.25, 0.3) is 11.5 Å². The number of aromatic amines is 1. The molecule has 3 aromatic heterocycles. The van der Waals surface area contributed by atoms with Crippen molar-refractivity contribution in [1.29, 1.82) is 0 Å². The number of carbonyl (C=O) groups excluding carboxylic acids is 3. The number of carboxylic acids is 1. The van der Waals surface area contributed by atoms with Gasteiger partial charge < -0.3 is 45.9 Å². The number of carboxylic acid groups (broad SMARTS) is 1. The standard InChI is InChI=1S/C21H22N10O11S2.2Na/c1-21(2,17(36)37)42-27-13(10-7-43-18(22)25-10)15(34)24-9-6-30(16(9)35)19(38)28-44(40,41)31-20(39)29(3)14(26-31)8-4-11(32)12(33)5-23-8;;/h4-5,7,9,33H,6H2,1-3H3,(H2,22,25)(H,23,32)(H,24,34)(H,28,38)(H,36,37);;/q;2*+1/p-2/b27-13-;;/t9-;;/m0../s1. The predicted octanol–water partition coefficient (Wildman–Crippen LogP) is -11.2. The molecule has 1 aliphatic rings. The van der Waals surface area contributed by atoms with Gasteiger partial charge in [-0.15, -0.1) is 20.8 Å². The van der Waals surface area contributed by atoms with E-state index >= 15 is 0 Å². The molecule has 5 N–H and O–H groups in total. The maximum atomic E-state index is 12.9. The van der Waals surface area contributed by atoms with Crippen molar-refractivity contribution in [1.82, 2.24) is 33.9 Å². The molecule has 25 heteroatoms. The Labute approximate surface area is 305 Å². The normalized spacial score (nSPS) is 15.3. The molecule has 0 saturated carbocycles. The van der Waals surface area contributed by atoms with Crippen LogP contribution >= 0.6 is 11.3 Å². The zero-order chi connectivity index (χ0) is 32.7. The Hall–Kier alpha value is -3.58. The second-order valence-electron chi connectivity index (χ2n) is 9.33. The number of aromatic hydroxyl groups is 1. The third kappa shape index (κ3) is 7.86. The van der Waals surface area contributed by atoms with Crippen LogP contribution in [0.2, 0.25) is 0 Å². The SMILES string of the molecule is Cn1c(-c2cc(=O)c(O)c[nH]2)nn(S(=O)(=O)N=C([O-])N2C[C@H](NC(=O)/C(=N\OC(C)(C)C(=O)[O-])c3csc(N)n3)C2=O)c1=O.[Na+].[Na+]. The van der Waals surface area contributed by atoms with Gasteiger partial charge >= 0.3 is 75.0 Å². The van der Waals surface area contributed by atoms with E-state index in [1.165, 1.54) is 5.38 Å². The number of aliphatic carboxylic acids is 1. The Bertz CT molecular complexity index is 1980. The van der Waals surface area contributed by atoms with Crippen LogP contribution in [0.1, 0.15) is 19.5 Å². The zero-order valence-corrected chi connectivity index (χ0v) is 30.2. The number of pyridine rings is 1. The van der Waals surface area contributed by atoms with Crippen LogP contribution in [0.3, 0.4) is 0 Å². The second kappa shape index (κ2) is 14.5. The van der Waals surface area contributed by atoms with Gasteiger partial charge in [0.1, 0.15) is 11.7 Å². The predicted molar refractivity (Wildman–Crippen MR) is 144 cm³/mol. The number of nitrogens with zero attached hydrogens (tertiary/aromatic N) is 7. The molecule has 0 spiro atoms. The minimum absolute atomic E-state index is 0. The van der Waals surface area contributed by atoms with Crippen molar-refractivity contribution in [3.63, 3.8) is 0 Å². The van der Waals surface area contributed by atoms with Crippen molar-refractivity contribution >= 4 is 56.2 Å². The molecule has 0 aromatic carbocycles. The smallest absolute Gasteiger partial charge is 0.845 e. The molecule has 1 saturated heterocycles. The molecule has 0 unspecified atom stereocenters. The van der Waals surface area contributed by atoms with E-state index < -0.39 is 74.8 Å². The Morgan fingerprint density at radius 2 is 1.91 bits per heavy atom. The average Bonchev–Trinajstić information content (AvgIpc) is 3.50. The number of nitrogen functional groups attached to an aromatic ring is 1. The van der Waals surface area contributed by atoms with E-state index in [0.717, 1.165) is 44.5 Å². The summed E-state index contributed by atoms with van der Waals surface area (Å²) >= 11 is 0.916. The molecule has 0 aliphatic carbocycles. The number of likely N-dealkylation sites (tertiary alicyclic amines) is 1. The van der Waals surface area contributed by atoms with Gasteiger partial charge in [-0.05, 0) is 13.8 Å². The number of nitrogens with two attached hydrogens (primary N) is 1. The summed E-state index contributed by atoms with van der Waals surface area (Å²) in [5.41, 5.74) is 0.617. The van der Waals surface area contributed by atoms with Crippen LogP contribution in [0.15, 0.2) is 36.8 Å².